The highest BCUT2D eigenvalue weighted by Crippen LogP contribution is 2.34. The topological polar surface area (TPSA) is 53.1 Å². The van der Waals surface area contributed by atoms with Crippen LogP contribution in [0, 0.1) is 22.7 Å². The van der Waals surface area contributed by atoms with Crippen molar-refractivity contribution in [2.45, 2.75) is 46.0 Å². The predicted molar refractivity (Wildman–Crippen MR) is 72.2 cm³/mol. The molecule has 2 bridgehead atoms. The molecule has 2 aliphatic rings. The molecule has 98 valence electrons. The van der Waals surface area contributed by atoms with Crippen LogP contribution in [0.2, 0.25) is 0 Å². The lowest BCUT2D eigenvalue weighted by atomic mass is 9.77. The molecule has 3 nitrogen and oxygen atoms in total. The van der Waals surface area contributed by atoms with Gasteiger partial charge in [0, 0.05) is 18.5 Å². The number of likely N-dealkylation sites (tertiary alicyclic amines) is 1. The Morgan fingerprint density at radius 2 is 1.88 bits per heavy atom. The molecule has 0 amide bonds. The second-order valence-corrected chi connectivity index (χ2v) is 6.71. The average molecular weight is 237 g/mol. The van der Waals surface area contributed by atoms with Crippen molar-refractivity contribution in [1.29, 1.82) is 5.41 Å². The molecule has 1 saturated heterocycles. The van der Waals surface area contributed by atoms with Crippen LogP contribution in [0.4, 0.5) is 0 Å². The largest absolute Gasteiger partial charge is 0.387 e. The maximum Gasteiger partial charge on any atom is 0.0963 e. The Morgan fingerprint density at radius 1 is 1.29 bits per heavy atom. The van der Waals surface area contributed by atoms with Crippen LogP contribution in [-0.2, 0) is 0 Å². The van der Waals surface area contributed by atoms with Crippen molar-refractivity contribution in [3.8, 4) is 0 Å². The third kappa shape index (κ3) is 3.21. The van der Waals surface area contributed by atoms with Gasteiger partial charge in [-0.3, -0.25) is 5.41 Å². The molecule has 1 aliphatic heterocycles. The summed E-state index contributed by atoms with van der Waals surface area (Å²) in [6, 6.07) is 0. The first-order valence-corrected chi connectivity index (χ1v) is 7.04. The lowest BCUT2D eigenvalue weighted by Crippen LogP contribution is -2.44. The van der Waals surface area contributed by atoms with E-state index in [4.69, 9.17) is 11.1 Å². The first kappa shape index (κ1) is 12.9. The van der Waals surface area contributed by atoms with Gasteiger partial charge in [0.25, 0.3) is 0 Å². The number of nitrogens with zero attached hydrogens (tertiary/aromatic N) is 1. The van der Waals surface area contributed by atoms with E-state index in [2.05, 4.69) is 18.7 Å². The van der Waals surface area contributed by atoms with Gasteiger partial charge in [0.05, 0.1) is 5.84 Å². The Labute approximate surface area is 105 Å². The molecular formula is C14H27N3. The highest BCUT2D eigenvalue weighted by Gasteiger charge is 2.31. The standard InChI is InChI=1S/C14H27N3/c1-14(2,13(15)16)6-7-17-9-11-4-3-5-12(8-11)10-17/h11-12H,3-10H2,1-2H3,(H3,15,16). The number of amidine groups is 1. The third-order valence-electron chi connectivity index (χ3n) is 4.71. The number of hydrogen-bond donors (Lipinski definition) is 2. The molecule has 0 aromatic carbocycles. The second-order valence-electron chi connectivity index (χ2n) is 6.71. The van der Waals surface area contributed by atoms with Crippen LogP contribution in [-0.4, -0.2) is 30.4 Å². The summed E-state index contributed by atoms with van der Waals surface area (Å²) in [5.41, 5.74) is 5.51. The van der Waals surface area contributed by atoms with Crippen molar-refractivity contribution >= 4 is 5.84 Å². The molecular weight excluding hydrogens is 210 g/mol. The molecule has 2 atom stereocenters. The molecule has 2 fully saturated rings. The van der Waals surface area contributed by atoms with Gasteiger partial charge in [-0.25, -0.2) is 0 Å². The van der Waals surface area contributed by atoms with E-state index in [9.17, 15) is 0 Å². The molecule has 0 aromatic rings. The summed E-state index contributed by atoms with van der Waals surface area (Å²) >= 11 is 0. The number of nitrogens with one attached hydrogen (secondary N) is 1. The average Bonchev–Trinajstić information content (AvgIpc) is 2.26. The first-order valence-electron chi connectivity index (χ1n) is 7.04. The predicted octanol–water partition coefficient (Wildman–Crippen LogP) is 2.46. The summed E-state index contributed by atoms with van der Waals surface area (Å²) in [6.07, 6.45) is 6.79. The van der Waals surface area contributed by atoms with Gasteiger partial charge in [0.1, 0.15) is 0 Å². The van der Waals surface area contributed by atoms with Crippen LogP contribution in [0.3, 0.4) is 0 Å². The molecule has 3 N–H and O–H groups in total. The lowest BCUT2D eigenvalue weighted by Gasteiger charge is -2.42. The number of fused-ring (bicyclic) bond motifs is 2. The van der Waals surface area contributed by atoms with E-state index in [-0.39, 0.29) is 5.41 Å². The first-order chi connectivity index (χ1) is 7.97. The molecule has 0 radical (unpaired) electrons. The van der Waals surface area contributed by atoms with E-state index in [1.54, 1.807) is 0 Å². The van der Waals surface area contributed by atoms with Gasteiger partial charge in [-0.05, 0) is 44.1 Å². The van der Waals surface area contributed by atoms with Gasteiger partial charge >= 0.3 is 0 Å². The highest BCUT2D eigenvalue weighted by molar-refractivity contribution is 5.82. The monoisotopic (exact) mass is 237 g/mol. The maximum absolute atomic E-state index is 7.60. The number of rotatable bonds is 4. The fourth-order valence-electron chi connectivity index (χ4n) is 3.29. The van der Waals surface area contributed by atoms with Crippen molar-refractivity contribution in [3.05, 3.63) is 0 Å². The van der Waals surface area contributed by atoms with Crippen molar-refractivity contribution in [2.75, 3.05) is 19.6 Å². The van der Waals surface area contributed by atoms with E-state index in [1.807, 2.05) is 0 Å². The van der Waals surface area contributed by atoms with Gasteiger partial charge in [0.15, 0.2) is 0 Å². The number of piperidine rings is 1. The normalized spacial score (nSPS) is 30.2. The van der Waals surface area contributed by atoms with Gasteiger partial charge < -0.3 is 10.6 Å². The molecule has 2 unspecified atom stereocenters. The zero-order valence-corrected chi connectivity index (χ0v) is 11.3. The fourth-order valence-corrected chi connectivity index (χ4v) is 3.29. The molecule has 17 heavy (non-hydrogen) atoms. The minimum absolute atomic E-state index is 0.132. The second kappa shape index (κ2) is 4.97. The molecule has 0 aromatic heterocycles. The maximum atomic E-state index is 7.60. The van der Waals surface area contributed by atoms with E-state index in [0.717, 1.165) is 24.8 Å². The zero-order chi connectivity index (χ0) is 12.5. The summed E-state index contributed by atoms with van der Waals surface area (Å²) in [5.74, 6) is 2.22. The zero-order valence-electron chi connectivity index (χ0n) is 11.3. The van der Waals surface area contributed by atoms with Crippen LogP contribution >= 0.6 is 0 Å². The summed E-state index contributed by atoms with van der Waals surface area (Å²) in [5, 5.41) is 7.60. The smallest absolute Gasteiger partial charge is 0.0963 e. The van der Waals surface area contributed by atoms with Crippen molar-refractivity contribution < 1.29 is 0 Å². The molecule has 1 aliphatic carbocycles. The van der Waals surface area contributed by atoms with Crippen molar-refractivity contribution in [1.82, 2.24) is 4.90 Å². The van der Waals surface area contributed by atoms with Crippen molar-refractivity contribution in [3.63, 3.8) is 0 Å². The quantitative estimate of drug-likeness (QED) is 0.583. The number of nitrogens with two attached hydrogens (primary N) is 1. The molecule has 1 saturated carbocycles. The Balaban J connectivity index is 1.82. The Kier molecular flexibility index (Phi) is 3.76. The van der Waals surface area contributed by atoms with Gasteiger partial charge in [0.2, 0.25) is 0 Å². The molecule has 0 spiro atoms. The van der Waals surface area contributed by atoms with Gasteiger partial charge in [-0.15, -0.1) is 0 Å². The molecule has 2 rings (SSSR count). The van der Waals surface area contributed by atoms with E-state index in [1.165, 1.54) is 38.8 Å². The Hall–Kier alpha value is -0.570. The van der Waals surface area contributed by atoms with Gasteiger partial charge in [-0.2, -0.15) is 0 Å². The van der Waals surface area contributed by atoms with E-state index < -0.39 is 0 Å². The highest BCUT2D eigenvalue weighted by atomic mass is 15.1. The van der Waals surface area contributed by atoms with Crippen LogP contribution < -0.4 is 5.73 Å². The van der Waals surface area contributed by atoms with Gasteiger partial charge in [-0.1, -0.05) is 20.3 Å². The minimum atomic E-state index is -0.132. The third-order valence-corrected chi connectivity index (χ3v) is 4.71. The number of hydrogen-bond acceptors (Lipinski definition) is 2. The minimum Gasteiger partial charge on any atom is -0.387 e. The lowest BCUT2D eigenvalue weighted by molar-refractivity contribution is 0.0803. The summed E-state index contributed by atoms with van der Waals surface area (Å²) in [4.78, 5) is 2.61. The fraction of sp³-hybridized carbons (Fsp3) is 0.929. The summed E-state index contributed by atoms with van der Waals surface area (Å²) < 4.78 is 0. The van der Waals surface area contributed by atoms with Crippen molar-refractivity contribution in [2.24, 2.45) is 23.0 Å². The van der Waals surface area contributed by atoms with E-state index >= 15 is 0 Å². The SMILES string of the molecule is CC(C)(CCN1CC2CCCC(C2)C1)C(=N)N. The Bertz CT molecular complexity index is 273. The van der Waals surface area contributed by atoms with E-state index in [0.29, 0.717) is 5.84 Å². The van der Waals surface area contributed by atoms with Crippen LogP contribution in [0.5, 0.6) is 0 Å². The summed E-state index contributed by atoms with van der Waals surface area (Å²) in [6.45, 7) is 7.84. The molecule has 3 heteroatoms. The molecule has 1 heterocycles. The summed E-state index contributed by atoms with van der Waals surface area (Å²) in [7, 11) is 0. The van der Waals surface area contributed by atoms with Crippen LogP contribution in [0.25, 0.3) is 0 Å². The van der Waals surface area contributed by atoms with Crippen LogP contribution in [0.1, 0.15) is 46.0 Å². The Morgan fingerprint density at radius 3 is 2.41 bits per heavy atom. The van der Waals surface area contributed by atoms with Crippen LogP contribution in [0.15, 0.2) is 0 Å².